The van der Waals surface area contributed by atoms with Crippen molar-refractivity contribution in [2.24, 2.45) is 0 Å². The first-order valence-electron chi connectivity index (χ1n) is 8.20. The van der Waals surface area contributed by atoms with Crippen LogP contribution in [0.15, 0.2) is 46.8 Å². The number of carbonyl (C=O) groups is 1. The molecule has 7 nitrogen and oxygen atoms in total. The second-order valence-electron chi connectivity index (χ2n) is 7.18. The van der Waals surface area contributed by atoms with Crippen molar-refractivity contribution in [3.05, 3.63) is 57.6 Å². The summed E-state index contributed by atoms with van der Waals surface area (Å²) in [4.78, 5) is 12.8. The molecule has 0 amide bonds. The van der Waals surface area contributed by atoms with E-state index in [1.54, 1.807) is 46.8 Å². The number of hydrogen-bond donors (Lipinski definition) is 3. The molecule has 1 aliphatic rings. The van der Waals surface area contributed by atoms with Crippen LogP contribution in [0.5, 0.6) is 0 Å². The van der Waals surface area contributed by atoms with Crippen LogP contribution in [0.1, 0.15) is 46.1 Å². The normalized spacial score (nSPS) is 18.9. The first-order chi connectivity index (χ1) is 12.0. The highest BCUT2D eigenvalue weighted by molar-refractivity contribution is 5.93. The first-order valence-corrected chi connectivity index (χ1v) is 8.20. The number of nitrogens with one attached hydrogen (secondary N) is 2. The van der Waals surface area contributed by atoms with Gasteiger partial charge in [0.1, 0.15) is 5.60 Å². The highest BCUT2D eigenvalue weighted by Gasteiger charge is 2.36. The Bertz CT molecular complexity index is 826. The average molecular weight is 357 g/mol. The number of allylic oxidation sites excluding steroid dienone is 3. The Morgan fingerprint density at radius 1 is 1.35 bits per heavy atom. The Balaban J connectivity index is 2.61. The van der Waals surface area contributed by atoms with Gasteiger partial charge in [-0.1, -0.05) is 12.1 Å². The van der Waals surface area contributed by atoms with E-state index in [0.717, 1.165) is 0 Å². The summed E-state index contributed by atoms with van der Waals surface area (Å²) in [7, 11) is 0. The van der Waals surface area contributed by atoms with Crippen LogP contribution in [0.3, 0.4) is 0 Å². The Hall–Kier alpha value is -2.66. The summed E-state index contributed by atoms with van der Waals surface area (Å²) in [6, 6.07) is 8.42. The number of nitriles is 1. The molecule has 1 aromatic carbocycles. The van der Waals surface area contributed by atoms with Crippen LogP contribution in [0, 0.1) is 16.5 Å². The van der Waals surface area contributed by atoms with Gasteiger partial charge in [0.05, 0.1) is 23.1 Å². The number of benzene rings is 1. The van der Waals surface area contributed by atoms with E-state index in [-0.39, 0.29) is 5.69 Å². The SMILES string of the molecule is CC1=C(C#N)[C@@H](c2cccc([NH+]([O-])O)c2)C(C(=O)OC(C)(C)C)=C(C)N1. The van der Waals surface area contributed by atoms with Crippen molar-refractivity contribution >= 4 is 11.7 Å². The van der Waals surface area contributed by atoms with E-state index in [0.29, 0.717) is 28.1 Å². The van der Waals surface area contributed by atoms with Gasteiger partial charge in [0.15, 0.2) is 5.69 Å². The number of dihydropyridines is 1. The molecule has 0 fully saturated rings. The topological polar surface area (TPSA) is 110 Å². The van der Waals surface area contributed by atoms with Gasteiger partial charge in [-0.05, 0) is 40.2 Å². The van der Waals surface area contributed by atoms with Gasteiger partial charge in [-0.2, -0.15) is 10.5 Å². The third kappa shape index (κ3) is 4.11. The molecule has 1 aliphatic heterocycles. The van der Waals surface area contributed by atoms with Gasteiger partial charge in [-0.3, -0.25) is 0 Å². The van der Waals surface area contributed by atoms with E-state index in [2.05, 4.69) is 11.4 Å². The van der Waals surface area contributed by atoms with Crippen LogP contribution in [-0.2, 0) is 9.53 Å². The Morgan fingerprint density at radius 3 is 2.54 bits per heavy atom. The van der Waals surface area contributed by atoms with Gasteiger partial charge in [-0.25, -0.2) is 10.0 Å². The van der Waals surface area contributed by atoms with Crippen LogP contribution < -0.4 is 10.5 Å². The number of carbonyl (C=O) groups excluding carboxylic acids is 1. The molecule has 0 saturated carbocycles. The molecule has 7 heteroatoms. The van der Waals surface area contributed by atoms with Crippen molar-refractivity contribution in [2.75, 3.05) is 0 Å². The maximum absolute atomic E-state index is 12.8. The Labute approximate surface area is 152 Å². The number of hydrogen-bond acceptors (Lipinski definition) is 6. The smallest absolute Gasteiger partial charge is 0.337 e. The van der Waals surface area contributed by atoms with Crippen LogP contribution >= 0.6 is 0 Å². The zero-order chi connectivity index (χ0) is 19.6. The summed E-state index contributed by atoms with van der Waals surface area (Å²) in [6.45, 7) is 8.79. The molecule has 0 aliphatic carbocycles. The fourth-order valence-electron chi connectivity index (χ4n) is 2.93. The van der Waals surface area contributed by atoms with E-state index in [9.17, 15) is 20.5 Å². The third-order valence-electron chi connectivity index (χ3n) is 3.97. The molecule has 0 saturated heterocycles. The molecule has 3 N–H and O–H groups in total. The molecule has 2 rings (SSSR count). The summed E-state index contributed by atoms with van der Waals surface area (Å²) in [5.74, 6) is -1.22. The predicted molar refractivity (Wildman–Crippen MR) is 95.0 cm³/mol. The van der Waals surface area contributed by atoms with Crippen molar-refractivity contribution in [1.29, 1.82) is 5.26 Å². The fraction of sp³-hybridized carbons (Fsp3) is 0.368. The van der Waals surface area contributed by atoms with Gasteiger partial charge < -0.3 is 15.3 Å². The number of rotatable bonds is 3. The van der Waals surface area contributed by atoms with Crippen LogP contribution in [-0.4, -0.2) is 16.8 Å². The summed E-state index contributed by atoms with van der Waals surface area (Å²) >= 11 is 0. The minimum atomic E-state index is -1.07. The standard InChI is InChI=1S/C19H23N3O4/c1-11-15(10-20)17(13-7-6-8-14(9-13)22(24)25)16(12(2)21-11)18(23)26-19(3,4)5/h6-9,17,21-22,24H,1-5H3/t17-/m1/s1. The predicted octanol–water partition coefficient (Wildman–Crippen LogP) is 2.19. The highest BCUT2D eigenvalue weighted by Crippen LogP contribution is 2.39. The summed E-state index contributed by atoms with van der Waals surface area (Å²) in [5.41, 5.74) is 1.84. The molecule has 138 valence electrons. The van der Waals surface area contributed by atoms with Gasteiger partial charge in [0, 0.05) is 23.5 Å². The monoisotopic (exact) mass is 357 g/mol. The lowest BCUT2D eigenvalue weighted by Crippen LogP contribution is -2.99. The molecular formula is C19H23N3O4. The van der Waals surface area contributed by atoms with Crippen molar-refractivity contribution in [3.63, 3.8) is 0 Å². The van der Waals surface area contributed by atoms with Crippen LogP contribution in [0.25, 0.3) is 0 Å². The maximum atomic E-state index is 12.8. The molecule has 0 radical (unpaired) electrons. The fourth-order valence-corrected chi connectivity index (χ4v) is 2.93. The van der Waals surface area contributed by atoms with E-state index >= 15 is 0 Å². The van der Waals surface area contributed by atoms with Gasteiger partial charge in [0.2, 0.25) is 0 Å². The number of nitrogens with zero attached hydrogens (tertiary/aromatic N) is 1. The van der Waals surface area contributed by atoms with Gasteiger partial charge in [0.25, 0.3) is 0 Å². The number of quaternary nitrogens is 1. The lowest BCUT2D eigenvalue weighted by molar-refractivity contribution is -0.991. The quantitative estimate of drug-likeness (QED) is 0.565. The summed E-state index contributed by atoms with van der Waals surface area (Å²) in [5, 5.41) is 32.2. The molecule has 1 unspecified atom stereocenters. The summed E-state index contributed by atoms with van der Waals surface area (Å²) < 4.78 is 5.52. The lowest BCUT2D eigenvalue weighted by atomic mass is 9.81. The van der Waals surface area contributed by atoms with Crippen molar-refractivity contribution in [1.82, 2.24) is 5.32 Å². The molecule has 0 aromatic heterocycles. The molecular weight excluding hydrogens is 334 g/mol. The molecule has 2 atom stereocenters. The van der Waals surface area contributed by atoms with Crippen molar-refractivity contribution in [3.8, 4) is 6.07 Å². The minimum Gasteiger partial charge on any atom is -0.595 e. The minimum absolute atomic E-state index is 0.0946. The molecule has 26 heavy (non-hydrogen) atoms. The van der Waals surface area contributed by atoms with Crippen LogP contribution in [0.4, 0.5) is 5.69 Å². The third-order valence-corrected chi connectivity index (χ3v) is 3.97. The maximum Gasteiger partial charge on any atom is 0.337 e. The average Bonchev–Trinajstić information content (AvgIpc) is 2.52. The largest absolute Gasteiger partial charge is 0.595 e. The second-order valence-corrected chi connectivity index (χ2v) is 7.18. The molecule has 1 aromatic rings. The second kappa shape index (κ2) is 7.30. The van der Waals surface area contributed by atoms with E-state index < -0.39 is 22.7 Å². The Morgan fingerprint density at radius 2 is 2.00 bits per heavy atom. The highest BCUT2D eigenvalue weighted by atomic mass is 16.8. The van der Waals surface area contributed by atoms with Crippen molar-refractivity contribution in [2.45, 2.75) is 46.1 Å². The summed E-state index contributed by atoms with van der Waals surface area (Å²) in [6.07, 6.45) is 0. The van der Waals surface area contributed by atoms with Crippen LogP contribution in [0.2, 0.25) is 0 Å². The Kier molecular flexibility index (Phi) is 5.52. The van der Waals surface area contributed by atoms with E-state index in [1.165, 1.54) is 12.1 Å². The zero-order valence-electron chi connectivity index (χ0n) is 15.5. The first kappa shape index (κ1) is 19.7. The molecule has 0 spiro atoms. The lowest BCUT2D eigenvalue weighted by Gasteiger charge is -2.30. The van der Waals surface area contributed by atoms with Gasteiger partial charge >= 0.3 is 5.97 Å². The number of ether oxygens (including phenoxy) is 1. The van der Waals surface area contributed by atoms with Gasteiger partial charge in [-0.15, -0.1) is 0 Å². The molecule has 0 bridgehead atoms. The van der Waals surface area contributed by atoms with Crippen molar-refractivity contribution < 1.29 is 20.0 Å². The zero-order valence-corrected chi connectivity index (χ0v) is 15.5. The van der Waals surface area contributed by atoms with E-state index in [1.807, 2.05) is 0 Å². The van der Waals surface area contributed by atoms with E-state index in [4.69, 9.17) is 4.74 Å². The molecule has 1 heterocycles. The number of esters is 1.